The van der Waals surface area contributed by atoms with Crippen LogP contribution < -0.4 is 4.74 Å². The first-order chi connectivity index (χ1) is 8.25. The van der Waals surface area contributed by atoms with Crippen LogP contribution in [0, 0.1) is 5.92 Å². The van der Waals surface area contributed by atoms with E-state index < -0.39 is 5.97 Å². The summed E-state index contributed by atoms with van der Waals surface area (Å²) in [6.07, 6.45) is 7.71. The van der Waals surface area contributed by atoms with Crippen molar-refractivity contribution in [2.75, 3.05) is 6.61 Å². The van der Waals surface area contributed by atoms with Crippen molar-refractivity contribution < 1.29 is 14.6 Å². The van der Waals surface area contributed by atoms with Crippen molar-refractivity contribution in [3.05, 3.63) is 23.9 Å². The second-order valence-corrected chi connectivity index (χ2v) is 4.51. The van der Waals surface area contributed by atoms with Crippen molar-refractivity contribution in [2.45, 2.75) is 32.1 Å². The van der Waals surface area contributed by atoms with Crippen LogP contribution in [0.3, 0.4) is 0 Å². The van der Waals surface area contributed by atoms with Crippen LogP contribution in [0.4, 0.5) is 0 Å². The average Bonchev–Trinajstić information content (AvgIpc) is 2.38. The Morgan fingerprint density at radius 3 is 2.71 bits per heavy atom. The van der Waals surface area contributed by atoms with E-state index in [2.05, 4.69) is 4.98 Å². The number of rotatable bonds is 4. The Balaban J connectivity index is 1.84. The van der Waals surface area contributed by atoms with Crippen LogP contribution in [0.15, 0.2) is 18.3 Å². The van der Waals surface area contributed by atoms with Crippen LogP contribution in [-0.4, -0.2) is 22.7 Å². The number of pyridine rings is 1. The van der Waals surface area contributed by atoms with Gasteiger partial charge in [-0.2, -0.15) is 0 Å². The van der Waals surface area contributed by atoms with Crippen molar-refractivity contribution in [2.24, 2.45) is 5.92 Å². The summed E-state index contributed by atoms with van der Waals surface area (Å²) in [6.45, 7) is 0.694. The third-order valence-corrected chi connectivity index (χ3v) is 3.17. The van der Waals surface area contributed by atoms with E-state index in [1.165, 1.54) is 44.4 Å². The van der Waals surface area contributed by atoms with Crippen LogP contribution >= 0.6 is 0 Å². The normalized spacial score (nSPS) is 16.7. The number of nitrogens with zero attached hydrogens (tertiary/aromatic N) is 1. The SMILES string of the molecule is O=C(O)c1ccc(OCC2CCCCC2)nc1. The summed E-state index contributed by atoms with van der Waals surface area (Å²) in [4.78, 5) is 14.6. The van der Waals surface area contributed by atoms with Gasteiger partial charge in [-0.05, 0) is 24.8 Å². The third-order valence-electron chi connectivity index (χ3n) is 3.17. The van der Waals surface area contributed by atoms with E-state index in [1.54, 1.807) is 6.07 Å². The number of hydrogen-bond donors (Lipinski definition) is 1. The second kappa shape index (κ2) is 5.66. The highest BCUT2D eigenvalue weighted by molar-refractivity contribution is 5.87. The molecule has 1 aliphatic rings. The smallest absolute Gasteiger partial charge is 0.337 e. The Morgan fingerprint density at radius 2 is 2.12 bits per heavy atom. The van der Waals surface area contributed by atoms with Gasteiger partial charge in [-0.3, -0.25) is 0 Å². The predicted molar refractivity (Wildman–Crippen MR) is 63.3 cm³/mol. The Labute approximate surface area is 101 Å². The number of carboxylic acids is 1. The molecule has 1 aliphatic carbocycles. The highest BCUT2D eigenvalue weighted by atomic mass is 16.5. The van der Waals surface area contributed by atoms with Gasteiger partial charge in [0.1, 0.15) is 0 Å². The highest BCUT2D eigenvalue weighted by Gasteiger charge is 2.14. The second-order valence-electron chi connectivity index (χ2n) is 4.51. The molecule has 1 aromatic heterocycles. The molecule has 1 heterocycles. The maximum atomic E-state index is 10.6. The first-order valence-corrected chi connectivity index (χ1v) is 6.08. The van der Waals surface area contributed by atoms with Crippen LogP contribution in [0.2, 0.25) is 0 Å². The molecule has 0 saturated heterocycles. The fourth-order valence-corrected chi connectivity index (χ4v) is 2.15. The fraction of sp³-hybridized carbons (Fsp3) is 0.538. The average molecular weight is 235 g/mol. The number of aromatic nitrogens is 1. The van der Waals surface area contributed by atoms with Gasteiger partial charge in [-0.1, -0.05) is 19.3 Å². The third kappa shape index (κ3) is 3.44. The molecule has 0 amide bonds. The zero-order valence-electron chi connectivity index (χ0n) is 9.76. The van der Waals surface area contributed by atoms with Crippen LogP contribution in [0.1, 0.15) is 42.5 Å². The van der Waals surface area contributed by atoms with Gasteiger partial charge in [0.25, 0.3) is 0 Å². The number of ether oxygens (including phenoxy) is 1. The highest BCUT2D eigenvalue weighted by Crippen LogP contribution is 2.24. The summed E-state index contributed by atoms with van der Waals surface area (Å²) >= 11 is 0. The largest absolute Gasteiger partial charge is 0.478 e. The van der Waals surface area contributed by atoms with Gasteiger partial charge in [0.05, 0.1) is 12.2 Å². The monoisotopic (exact) mass is 235 g/mol. The quantitative estimate of drug-likeness (QED) is 0.871. The predicted octanol–water partition coefficient (Wildman–Crippen LogP) is 2.74. The maximum absolute atomic E-state index is 10.6. The molecule has 0 atom stereocenters. The van der Waals surface area contributed by atoms with Crippen molar-refractivity contribution in [1.29, 1.82) is 0 Å². The minimum absolute atomic E-state index is 0.190. The lowest BCUT2D eigenvalue weighted by Gasteiger charge is -2.21. The molecular formula is C13H17NO3. The van der Waals surface area contributed by atoms with Gasteiger partial charge in [-0.15, -0.1) is 0 Å². The minimum Gasteiger partial charge on any atom is -0.478 e. The van der Waals surface area contributed by atoms with Gasteiger partial charge < -0.3 is 9.84 Å². The number of aromatic carboxylic acids is 1. The summed E-state index contributed by atoms with van der Waals surface area (Å²) in [7, 11) is 0. The molecule has 0 aliphatic heterocycles. The number of carboxylic acid groups (broad SMARTS) is 1. The Morgan fingerprint density at radius 1 is 1.35 bits per heavy atom. The zero-order valence-corrected chi connectivity index (χ0v) is 9.76. The Hall–Kier alpha value is -1.58. The molecule has 0 radical (unpaired) electrons. The molecular weight excluding hydrogens is 218 g/mol. The van der Waals surface area contributed by atoms with Crippen molar-refractivity contribution >= 4 is 5.97 Å². The van der Waals surface area contributed by atoms with Gasteiger partial charge in [0.2, 0.25) is 5.88 Å². The zero-order chi connectivity index (χ0) is 12.1. The van der Waals surface area contributed by atoms with E-state index in [0.29, 0.717) is 18.4 Å². The van der Waals surface area contributed by atoms with Crippen LogP contribution in [0.5, 0.6) is 5.88 Å². The first-order valence-electron chi connectivity index (χ1n) is 6.08. The first kappa shape index (κ1) is 11.9. The van der Waals surface area contributed by atoms with E-state index in [4.69, 9.17) is 9.84 Å². The molecule has 1 aromatic rings. The van der Waals surface area contributed by atoms with Crippen LogP contribution in [0.25, 0.3) is 0 Å². The molecule has 1 N–H and O–H groups in total. The van der Waals surface area contributed by atoms with E-state index >= 15 is 0 Å². The fourth-order valence-electron chi connectivity index (χ4n) is 2.15. The Bertz CT molecular complexity index is 369. The molecule has 4 nitrogen and oxygen atoms in total. The van der Waals surface area contributed by atoms with Crippen molar-refractivity contribution in [3.63, 3.8) is 0 Å². The maximum Gasteiger partial charge on any atom is 0.337 e. The molecule has 92 valence electrons. The summed E-state index contributed by atoms with van der Waals surface area (Å²) in [6, 6.07) is 3.14. The van der Waals surface area contributed by atoms with Gasteiger partial charge >= 0.3 is 5.97 Å². The summed E-state index contributed by atoms with van der Waals surface area (Å²) in [5.41, 5.74) is 0.190. The molecule has 0 bridgehead atoms. The lowest BCUT2D eigenvalue weighted by Crippen LogP contribution is -2.15. The summed E-state index contributed by atoms with van der Waals surface area (Å²) in [5.74, 6) is 0.182. The van der Waals surface area contributed by atoms with Crippen LogP contribution in [-0.2, 0) is 0 Å². The summed E-state index contributed by atoms with van der Waals surface area (Å²) < 4.78 is 5.58. The molecule has 0 unspecified atom stereocenters. The lowest BCUT2D eigenvalue weighted by molar-refractivity contribution is 0.0696. The van der Waals surface area contributed by atoms with Crippen molar-refractivity contribution in [1.82, 2.24) is 4.98 Å². The Kier molecular flexibility index (Phi) is 3.96. The lowest BCUT2D eigenvalue weighted by atomic mass is 9.90. The molecule has 1 saturated carbocycles. The minimum atomic E-state index is -0.962. The van der Waals surface area contributed by atoms with E-state index in [9.17, 15) is 4.79 Å². The number of carbonyl (C=O) groups is 1. The van der Waals surface area contributed by atoms with Gasteiger partial charge in [0, 0.05) is 12.3 Å². The van der Waals surface area contributed by atoms with E-state index in [0.717, 1.165) is 0 Å². The number of hydrogen-bond acceptors (Lipinski definition) is 3. The molecule has 2 rings (SSSR count). The molecule has 4 heteroatoms. The van der Waals surface area contributed by atoms with E-state index in [-0.39, 0.29) is 5.56 Å². The van der Waals surface area contributed by atoms with Crippen molar-refractivity contribution in [3.8, 4) is 5.88 Å². The van der Waals surface area contributed by atoms with E-state index in [1.807, 2.05) is 0 Å². The molecule has 0 aromatic carbocycles. The van der Waals surface area contributed by atoms with Gasteiger partial charge in [0.15, 0.2) is 0 Å². The standard InChI is InChI=1S/C13H17NO3/c15-13(16)11-6-7-12(14-8-11)17-9-10-4-2-1-3-5-10/h6-8,10H,1-5,9H2,(H,15,16). The molecule has 1 fully saturated rings. The molecule has 0 spiro atoms. The van der Waals surface area contributed by atoms with Gasteiger partial charge in [-0.25, -0.2) is 9.78 Å². The molecule has 17 heavy (non-hydrogen) atoms. The topological polar surface area (TPSA) is 59.4 Å². The summed E-state index contributed by atoms with van der Waals surface area (Å²) in [5, 5.41) is 8.73.